The summed E-state index contributed by atoms with van der Waals surface area (Å²) in [6, 6.07) is 20.2. The van der Waals surface area contributed by atoms with E-state index in [0.29, 0.717) is 31.0 Å². The van der Waals surface area contributed by atoms with Crippen molar-refractivity contribution in [3.63, 3.8) is 0 Å². The zero-order valence-electron chi connectivity index (χ0n) is 17.9. The van der Waals surface area contributed by atoms with E-state index in [1.807, 2.05) is 18.2 Å². The molecule has 6 nitrogen and oxygen atoms in total. The molecule has 1 N–H and O–H groups in total. The van der Waals surface area contributed by atoms with E-state index in [4.69, 9.17) is 4.74 Å². The molecular weight excluding hydrogens is 444 g/mol. The number of benzene rings is 2. The van der Waals surface area contributed by atoms with E-state index >= 15 is 0 Å². The smallest absolute Gasteiger partial charge is 0.273 e. The number of thiophene rings is 1. The van der Waals surface area contributed by atoms with Crippen LogP contribution in [-0.4, -0.2) is 41.1 Å². The van der Waals surface area contributed by atoms with Gasteiger partial charge in [0.1, 0.15) is 4.21 Å². The number of amides is 1. The molecule has 0 bridgehead atoms. The number of hydrogen-bond acceptors (Lipinski definition) is 5. The number of ether oxygens (including phenoxy) is 1. The summed E-state index contributed by atoms with van der Waals surface area (Å²) in [7, 11) is -2.09. The van der Waals surface area contributed by atoms with Crippen molar-refractivity contribution in [1.82, 2.24) is 5.32 Å². The van der Waals surface area contributed by atoms with Gasteiger partial charge in [0.2, 0.25) is 0 Å². The lowest BCUT2D eigenvalue weighted by atomic mass is 9.74. The van der Waals surface area contributed by atoms with Crippen LogP contribution in [0, 0.1) is 0 Å². The summed E-state index contributed by atoms with van der Waals surface area (Å²) >= 11 is 1.18. The highest BCUT2D eigenvalue weighted by molar-refractivity contribution is 7.94. The van der Waals surface area contributed by atoms with Crippen molar-refractivity contribution >= 4 is 33.0 Å². The fraction of sp³-hybridized carbons (Fsp3) is 0.292. The Balaban J connectivity index is 1.46. The third-order valence-electron chi connectivity index (χ3n) is 6.03. The number of carbonyl (C=O) groups excluding carboxylic acids is 1. The Morgan fingerprint density at radius 2 is 1.72 bits per heavy atom. The van der Waals surface area contributed by atoms with Crippen LogP contribution in [-0.2, 0) is 20.2 Å². The first-order chi connectivity index (χ1) is 15.4. The highest BCUT2D eigenvalue weighted by Crippen LogP contribution is 2.34. The molecule has 32 heavy (non-hydrogen) atoms. The third kappa shape index (κ3) is 4.57. The summed E-state index contributed by atoms with van der Waals surface area (Å²) in [5.41, 5.74) is 2.05. The number of anilines is 1. The average molecular weight is 471 g/mol. The molecule has 0 atom stereocenters. The maximum absolute atomic E-state index is 12.9. The summed E-state index contributed by atoms with van der Waals surface area (Å²) in [5.74, 6) is -0.179. The van der Waals surface area contributed by atoms with Gasteiger partial charge in [0.05, 0.1) is 5.69 Å². The summed E-state index contributed by atoms with van der Waals surface area (Å²) in [5, 5.41) is 4.82. The molecule has 0 radical (unpaired) electrons. The second kappa shape index (κ2) is 9.44. The van der Waals surface area contributed by atoms with Crippen LogP contribution >= 0.6 is 11.3 Å². The van der Waals surface area contributed by atoms with Crippen molar-refractivity contribution in [3.8, 4) is 0 Å². The maximum Gasteiger partial charge on any atom is 0.273 e. The monoisotopic (exact) mass is 470 g/mol. The van der Waals surface area contributed by atoms with Gasteiger partial charge in [-0.1, -0.05) is 36.4 Å². The first-order valence-corrected chi connectivity index (χ1v) is 12.8. The molecule has 2 aromatic carbocycles. The minimum absolute atomic E-state index is 0.149. The van der Waals surface area contributed by atoms with Crippen LogP contribution in [0.4, 0.5) is 5.69 Å². The number of nitrogens with zero attached hydrogens (tertiary/aromatic N) is 1. The van der Waals surface area contributed by atoms with Crippen molar-refractivity contribution < 1.29 is 17.9 Å². The van der Waals surface area contributed by atoms with E-state index in [1.54, 1.807) is 41.8 Å². The van der Waals surface area contributed by atoms with Gasteiger partial charge in [0, 0.05) is 37.8 Å². The van der Waals surface area contributed by atoms with Crippen LogP contribution in [0.2, 0.25) is 0 Å². The van der Waals surface area contributed by atoms with Crippen molar-refractivity contribution in [2.24, 2.45) is 0 Å². The van der Waals surface area contributed by atoms with E-state index in [2.05, 4.69) is 17.4 Å². The predicted octanol–water partition coefficient (Wildman–Crippen LogP) is 4.05. The lowest BCUT2D eigenvalue weighted by Gasteiger charge is -2.38. The summed E-state index contributed by atoms with van der Waals surface area (Å²) in [6.07, 6.45) is 1.70. The molecule has 0 aliphatic carbocycles. The second-order valence-electron chi connectivity index (χ2n) is 7.89. The quantitative estimate of drug-likeness (QED) is 0.565. The molecule has 0 saturated carbocycles. The molecule has 3 aromatic rings. The van der Waals surface area contributed by atoms with Gasteiger partial charge in [-0.15, -0.1) is 11.3 Å². The first-order valence-electron chi connectivity index (χ1n) is 10.5. The molecule has 1 aromatic heterocycles. The van der Waals surface area contributed by atoms with Crippen LogP contribution in [0.25, 0.3) is 0 Å². The molecule has 0 unspecified atom stereocenters. The number of rotatable bonds is 7. The molecule has 2 heterocycles. The van der Waals surface area contributed by atoms with Gasteiger partial charge in [-0.25, -0.2) is 8.42 Å². The molecule has 1 aliphatic rings. The van der Waals surface area contributed by atoms with Crippen LogP contribution in [0.1, 0.15) is 28.8 Å². The Morgan fingerprint density at radius 1 is 1.03 bits per heavy atom. The largest absolute Gasteiger partial charge is 0.381 e. The summed E-state index contributed by atoms with van der Waals surface area (Å²) in [6.45, 7) is 1.86. The SMILES string of the molecule is CN(c1ccc(C(=O)NCC2(c3ccccc3)CCOCC2)cc1)S(=O)(=O)c1cccs1. The number of sulfonamides is 1. The maximum atomic E-state index is 12.9. The van der Waals surface area contributed by atoms with E-state index in [9.17, 15) is 13.2 Å². The minimum Gasteiger partial charge on any atom is -0.381 e. The lowest BCUT2D eigenvalue weighted by Crippen LogP contribution is -2.44. The topological polar surface area (TPSA) is 75.7 Å². The second-order valence-corrected chi connectivity index (χ2v) is 11.0. The predicted molar refractivity (Wildman–Crippen MR) is 127 cm³/mol. The Bertz CT molecular complexity index is 1140. The molecule has 0 spiro atoms. The Labute approximate surface area is 192 Å². The highest BCUT2D eigenvalue weighted by atomic mass is 32.2. The molecule has 168 valence electrons. The Kier molecular flexibility index (Phi) is 6.64. The molecule has 1 aliphatic heterocycles. The van der Waals surface area contributed by atoms with Crippen LogP contribution in [0.3, 0.4) is 0 Å². The van der Waals surface area contributed by atoms with Crippen LogP contribution < -0.4 is 9.62 Å². The van der Waals surface area contributed by atoms with Gasteiger partial charge in [0.15, 0.2) is 0 Å². The van der Waals surface area contributed by atoms with Gasteiger partial charge < -0.3 is 10.1 Å². The lowest BCUT2D eigenvalue weighted by molar-refractivity contribution is 0.0487. The normalized spacial score (nSPS) is 15.8. The molecule has 1 saturated heterocycles. The fourth-order valence-electron chi connectivity index (χ4n) is 3.98. The minimum atomic E-state index is -3.61. The zero-order chi connectivity index (χ0) is 22.6. The molecule has 4 rings (SSSR count). The van der Waals surface area contributed by atoms with Gasteiger partial charge in [-0.2, -0.15) is 0 Å². The van der Waals surface area contributed by atoms with Gasteiger partial charge in [-0.3, -0.25) is 9.10 Å². The number of carbonyl (C=O) groups is 1. The van der Waals surface area contributed by atoms with Gasteiger partial charge >= 0.3 is 0 Å². The van der Waals surface area contributed by atoms with Crippen LogP contribution in [0.5, 0.6) is 0 Å². The molecule has 8 heteroatoms. The van der Waals surface area contributed by atoms with E-state index < -0.39 is 10.0 Å². The van der Waals surface area contributed by atoms with E-state index in [-0.39, 0.29) is 15.5 Å². The molecule has 1 amide bonds. The third-order valence-corrected chi connectivity index (χ3v) is 9.18. The number of nitrogens with one attached hydrogen (secondary N) is 1. The van der Waals surface area contributed by atoms with E-state index in [1.165, 1.54) is 28.3 Å². The van der Waals surface area contributed by atoms with Crippen molar-refractivity contribution in [2.45, 2.75) is 22.5 Å². The molecular formula is C24H26N2O4S2. The van der Waals surface area contributed by atoms with Crippen molar-refractivity contribution in [2.75, 3.05) is 31.1 Å². The Hall–Kier alpha value is -2.68. The fourth-order valence-corrected chi connectivity index (χ4v) is 6.34. The number of hydrogen-bond donors (Lipinski definition) is 1. The Morgan fingerprint density at radius 3 is 2.34 bits per heavy atom. The average Bonchev–Trinajstić information content (AvgIpc) is 3.39. The van der Waals surface area contributed by atoms with Crippen molar-refractivity contribution in [1.29, 1.82) is 0 Å². The summed E-state index contributed by atoms with van der Waals surface area (Å²) in [4.78, 5) is 12.9. The zero-order valence-corrected chi connectivity index (χ0v) is 19.5. The van der Waals surface area contributed by atoms with Gasteiger partial charge in [0.25, 0.3) is 15.9 Å². The van der Waals surface area contributed by atoms with Crippen molar-refractivity contribution in [3.05, 3.63) is 83.2 Å². The summed E-state index contributed by atoms with van der Waals surface area (Å²) < 4.78 is 32.5. The first kappa shape index (κ1) is 22.5. The molecule has 1 fully saturated rings. The van der Waals surface area contributed by atoms with Gasteiger partial charge in [-0.05, 0) is 54.1 Å². The van der Waals surface area contributed by atoms with E-state index in [0.717, 1.165) is 12.8 Å². The highest BCUT2D eigenvalue weighted by Gasteiger charge is 2.34. The van der Waals surface area contributed by atoms with Crippen LogP contribution in [0.15, 0.2) is 76.3 Å². The standard InChI is InChI=1S/C24H26N2O4S2/c1-26(32(28,29)22-8-5-17-31-22)21-11-9-19(10-12-21)23(27)25-18-24(13-15-30-16-14-24)20-6-3-2-4-7-20/h2-12,17H,13-16,18H2,1H3,(H,25,27).